The molecule has 0 spiro atoms. The fourth-order valence-corrected chi connectivity index (χ4v) is 8.30. The summed E-state index contributed by atoms with van der Waals surface area (Å²) in [5.41, 5.74) is 0. The lowest BCUT2D eigenvalue weighted by Crippen LogP contribution is -2.65. The summed E-state index contributed by atoms with van der Waals surface area (Å²) in [5, 5.41) is 86.7. The third-order valence-corrected chi connectivity index (χ3v) is 12.7. The number of carbonyl (C=O) groups excluding carboxylic acids is 1. The molecule has 12 atom stereocenters. The van der Waals surface area contributed by atoms with Gasteiger partial charge in [0.05, 0.1) is 32.0 Å². The Hall–Kier alpha value is -3.09. The van der Waals surface area contributed by atoms with Crippen LogP contribution in [-0.2, 0) is 23.7 Å². The third-order valence-electron chi connectivity index (χ3n) is 12.7. The number of hydrogen-bond donors (Lipinski definition) is 9. The van der Waals surface area contributed by atoms with Crippen LogP contribution in [0.4, 0.5) is 0 Å². The standard InChI is InChI=1S/C58H97NO13/c1-3-5-7-9-11-13-15-16-17-18-19-20-21-22-23-24-25-26-27-28-29-30-32-34-36-38-40-42-50(63)59-46(47(62)41-39-37-35-33-31-14-12-10-8-6-4-2)45-69-57-55(68)53(66)56(49(44-61)71-57)72-58-54(67)52(65)51(64)48(43-60)70-58/h5,7-8,10-11,13,16-17,19-20,22-23,31,33,39,41,46-49,51-58,60-62,64-68H,3-4,6,9,12,14-15,18,21,24-30,32,34-38,40,42-45H2,1-2H3,(H,59,63)/b7-5-,10-8+,13-11-,17-16-,20-19-,23-22-,33-31+,41-39+. The van der Waals surface area contributed by atoms with E-state index in [1.807, 2.05) is 6.08 Å². The molecule has 9 N–H and O–H groups in total. The normalized spacial score (nSPS) is 26.4. The quantitative estimate of drug-likeness (QED) is 0.0208. The zero-order valence-electron chi connectivity index (χ0n) is 43.9. The lowest BCUT2D eigenvalue weighted by Gasteiger charge is -2.46. The van der Waals surface area contributed by atoms with E-state index in [0.29, 0.717) is 12.8 Å². The maximum Gasteiger partial charge on any atom is 0.220 e. The lowest BCUT2D eigenvalue weighted by molar-refractivity contribution is -0.359. The third kappa shape index (κ3) is 29.1. The van der Waals surface area contributed by atoms with Crippen molar-refractivity contribution in [3.05, 3.63) is 97.2 Å². The molecule has 0 radical (unpaired) electrons. The van der Waals surface area contributed by atoms with Crippen molar-refractivity contribution >= 4 is 5.91 Å². The van der Waals surface area contributed by atoms with Crippen LogP contribution in [0.1, 0.15) is 168 Å². The highest BCUT2D eigenvalue weighted by atomic mass is 16.7. The molecule has 14 heteroatoms. The average Bonchev–Trinajstić information content (AvgIpc) is 3.38. The Morgan fingerprint density at radius 1 is 0.514 bits per heavy atom. The molecule has 2 heterocycles. The minimum absolute atomic E-state index is 0.260. The van der Waals surface area contributed by atoms with Crippen molar-refractivity contribution in [3.8, 4) is 0 Å². The number of rotatable bonds is 41. The van der Waals surface area contributed by atoms with Crippen LogP contribution in [0.25, 0.3) is 0 Å². The van der Waals surface area contributed by atoms with Gasteiger partial charge in [-0.1, -0.05) is 175 Å². The summed E-state index contributed by atoms with van der Waals surface area (Å²) < 4.78 is 22.7. The van der Waals surface area contributed by atoms with E-state index in [1.54, 1.807) is 6.08 Å². The molecular formula is C58H97NO13. The molecule has 0 bridgehead atoms. The molecule has 72 heavy (non-hydrogen) atoms. The predicted molar refractivity (Wildman–Crippen MR) is 286 cm³/mol. The molecule has 0 aromatic rings. The molecule has 14 nitrogen and oxygen atoms in total. The van der Waals surface area contributed by atoms with Gasteiger partial charge in [-0.3, -0.25) is 4.79 Å². The number of amides is 1. The number of aliphatic hydroxyl groups excluding tert-OH is 8. The largest absolute Gasteiger partial charge is 0.394 e. The molecule has 2 rings (SSSR count). The predicted octanol–water partition coefficient (Wildman–Crippen LogP) is 8.32. The van der Waals surface area contributed by atoms with Crippen LogP contribution < -0.4 is 5.32 Å². The molecule has 0 aromatic carbocycles. The zero-order chi connectivity index (χ0) is 52.4. The van der Waals surface area contributed by atoms with Crippen molar-refractivity contribution in [2.75, 3.05) is 19.8 Å². The van der Waals surface area contributed by atoms with Crippen LogP contribution in [0.2, 0.25) is 0 Å². The molecule has 412 valence electrons. The Bertz CT molecular complexity index is 1570. The van der Waals surface area contributed by atoms with Crippen LogP contribution in [-0.4, -0.2) is 140 Å². The number of ether oxygens (including phenoxy) is 4. The van der Waals surface area contributed by atoms with Gasteiger partial charge in [0.25, 0.3) is 0 Å². The number of allylic oxidation sites excluding steroid dienone is 15. The Labute approximate surface area is 433 Å². The summed E-state index contributed by atoms with van der Waals surface area (Å²) in [6.45, 7) is 2.55. The monoisotopic (exact) mass is 1020 g/mol. The van der Waals surface area contributed by atoms with Gasteiger partial charge in [-0.05, 0) is 83.5 Å². The van der Waals surface area contributed by atoms with Gasteiger partial charge in [-0.25, -0.2) is 0 Å². The van der Waals surface area contributed by atoms with E-state index >= 15 is 0 Å². The molecule has 0 aliphatic carbocycles. The van der Waals surface area contributed by atoms with Crippen LogP contribution in [0.15, 0.2) is 97.2 Å². The van der Waals surface area contributed by atoms with Gasteiger partial charge in [0.15, 0.2) is 12.6 Å². The van der Waals surface area contributed by atoms with Crippen LogP contribution in [0, 0.1) is 0 Å². The Kier molecular flexibility index (Phi) is 39.0. The van der Waals surface area contributed by atoms with Gasteiger partial charge in [-0.2, -0.15) is 0 Å². The van der Waals surface area contributed by atoms with Crippen LogP contribution >= 0.6 is 0 Å². The Morgan fingerprint density at radius 3 is 1.51 bits per heavy atom. The molecule has 0 saturated carbocycles. The average molecular weight is 1020 g/mol. The number of carbonyl (C=O) groups is 1. The summed E-state index contributed by atoms with van der Waals surface area (Å²) in [6.07, 6.45) is 41.7. The second-order valence-electron chi connectivity index (χ2n) is 19.0. The Morgan fingerprint density at radius 2 is 0.972 bits per heavy atom. The summed E-state index contributed by atoms with van der Waals surface area (Å²) in [7, 11) is 0. The first kappa shape index (κ1) is 65.0. The van der Waals surface area contributed by atoms with Gasteiger partial charge in [0, 0.05) is 6.42 Å². The molecule has 2 saturated heterocycles. The highest BCUT2D eigenvalue weighted by Gasteiger charge is 2.51. The van der Waals surface area contributed by atoms with E-state index in [-0.39, 0.29) is 18.9 Å². The first-order valence-corrected chi connectivity index (χ1v) is 27.5. The minimum Gasteiger partial charge on any atom is -0.394 e. The topological polar surface area (TPSA) is 228 Å². The van der Waals surface area contributed by atoms with Gasteiger partial charge in [0.2, 0.25) is 5.91 Å². The van der Waals surface area contributed by atoms with Crippen LogP contribution in [0.5, 0.6) is 0 Å². The van der Waals surface area contributed by atoms with E-state index in [0.717, 1.165) is 89.9 Å². The van der Waals surface area contributed by atoms with Crippen molar-refractivity contribution < 1.29 is 64.6 Å². The van der Waals surface area contributed by atoms with Crippen molar-refractivity contribution in [3.63, 3.8) is 0 Å². The van der Waals surface area contributed by atoms with Gasteiger partial charge >= 0.3 is 0 Å². The number of hydrogen-bond acceptors (Lipinski definition) is 13. The number of aliphatic hydroxyl groups is 8. The van der Waals surface area contributed by atoms with Gasteiger partial charge in [0.1, 0.15) is 48.8 Å². The zero-order valence-corrected chi connectivity index (χ0v) is 43.9. The molecule has 1 amide bonds. The highest BCUT2D eigenvalue weighted by molar-refractivity contribution is 5.76. The van der Waals surface area contributed by atoms with Gasteiger partial charge in [-0.15, -0.1) is 0 Å². The minimum atomic E-state index is -1.80. The fraction of sp³-hybridized carbons (Fsp3) is 0.707. The summed E-state index contributed by atoms with van der Waals surface area (Å²) >= 11 is 0. The molecule has 2 fully saturated rings. The summed E-state index contributed by atoms with van der Waals surface area (Å²) in [4.78, 5) is 13.2. The lowest BCUT2D eigenvalue weighted by atomic mass is 9.97. The van der Waals surface area contributed by atoms with Gasteiger partial charge < -0.3 is 65.1 Å². The molecule has 2 aliphatic rings. The SMILES string of the molecule is CC/C=C\C/C=C\C/C=C\C/C=C\C/C=C\CCCCCCCCCCCCCC(=O)NC(COC1OC(CO)C(OC2OC(CO)C(O)C(O)C2O)C(O)C1O)C(O)/C=C/CC/C=C/CC/C=C/CCC. The molecule has 0 aromatic heterocycles. The summed E-state index contributed by atoms with van der Waals surface area (Å²) in [5.74, 6) is -0.264. The number of nitrogens with one attached hydrogen (secondary N) is 1. The maximum atomic E-state index is 13.2. The van der Waals surface area contributed by atoms with E-state index in [2.05, 4.69) is 104 Å². The first-order chi connectivity index (χ1) is 35.1. The first-order valence-electron chi connectivity index (χ1n) is 27.5. The molecular weight excluding hydrogens is 919 g/mol. The van der Waals surface area contributed by atoms with Crippen molar-refractivity contribution in [1.82, 2.24) is 5.32 Å². The molecule has 12 unspecified atom stereocenters. The Balaban J connectivity index is 1.73. The van der Waals surface area contributed by atoms with Crippen molar-refractivity contribution in [1.29, 1.82) is 0 Å². The second-order valence-corrected chi connectivity index (χ2v) is 19.0. The van der Waals surface area contributed by atoms with E-state index in [4.69, 9.17) is 18.9 Å². The maximum absolute atomic E-state index is 13.2. The highest BCUT2D eigenvalue weighted by Crippen LogP contribution is 2.30. The van der Waals surface area contributed by atoms with Crippen LogP contribution in [0.3, 0.4) is 0 Å². The number of unbranched alkanes of at least 4 members (excludes halogenated alkanes) is 14. The molecule has 2 aliphatic heterocycles. The van der Waals surface area contributed by atoms with Crippen molar-refractivity contribution in [2.45, 2.75) is 242 Å². The van der Waals surface area contributed by atoms with E-state index in [9.17, 15) is 45.6 Å². The van der Waals surface area contributed by atoms with E-state index in [1.165, 1.54) is 44.9 Å². The van der Waals surface area contributed by atoms with E-state index < -0.39 is 86.8 Å². The fourth-order valence-electron chi connectivity index (χ4n) is 8.30. The summed E-state index contributed by atoms with van der Waals surface area (Å²) in [6, 6.07) is -0.944. The second kappa shape index (κ2) is 43.2. The smallest absolute Gasteiger partial charge is 0.220 e. The van der Waals surface area contributed by atoms with Crippen molar-refractivity contribution in [2.24, 2.45) is 0 Å².